The molecular formula is C22H34IN5O3S. The average molecular weight is 576 g/mol. The molecule has 0 amide bonds. The van der Waals surface area contributed by atoms with Crippen molar-refractivity contribution in [1.29, 1.82) is 0 Å². The molecule has 1 N–H and O–H groups in total. The smallest absolute Gasteiger partial charge is 0.203 e. The molecule has 3 rings (SSSR count). The Labute approximate surface area is 212 Å². The summed E-state index contributed by atoms with van der Waals surface area (Å²) in [7, 11) is 6.76. The Balaban J connectivity index is 0.00000363. The van der Waals surface area contributed by atoms with Crippen LogP contribution in [0, 0.1) is 6.92 Å². The third-order valence-electron chi connectivity index (χ3n) is 5.31. The Morgan fingerprint density at radius 2 is 1.75 bits per heavy atom. The van der Waals surface area contributed by atoms with Gasteiger partial charge >= 0.3 is 0 Å². The number of ether oxygens (including phenoxy) is 3. The summed E-state index contributed by atoms with van der Waals surface area (Å²) >= 11 is 1.75. The summed E-state index contributed by atoms with van der Waals surface area (Å²) in [6.45, 7) is 7.54. The van der Waals surface area contributed by atoms with E-state index in [0.717, 1.165) is 62.2 Å². The first-order chi connectivity index (χ1) is 15.1. The number of thiazole rings is 1. The first-order valence-electron chi connectivity index (χ1n) is 10.5. The molecule has 0 unspecified atom stereocenters. The summed E-state index contributed by atoms with van der Waals surface area (Å²) in [5.74, 6) is 2.97. The zero-order valence-electron chi connectivity index (χ0n) is 19.5. The maximum Gasteiger partial charge on any atom is 0.203 e. The van der Waals surface area contributed by atoms with Crippen LogP contribution in [0.25, 0.3) is 0 Å². The molecule has 0 bridgehead atoms. The number of halogens is 1. The molecule has 2 aromatic rings. The number of nitrogens with zero attached hydrogens (tertiary/aromatic N) is 4. The Morgan fingerprint density at radius 3 is 2.25 bits per heavy atom. The first-order valence-corrected chi connectivity index (χ1v) is 11.3. The number of benzene rings is 1. The van der Waals surface area contributed by atoms with Crippen molar-refractivity contribution >= 4 is 41.3 Å². The Hall–Kier alpha value is -1.79. The van der Waals surface area contributed by atoms with Gasteiger partial charge in [-0.15, -0.1) is 35.3 Å². The van der Waals surface area contributed by atoms with Crippen molar-refractivity contribution in [1.82, 2.24) is 20.1 Å². The molecule has 10 heteroatoms. The van der Waals surface area contributed by atoms with Gasteiger partial charge in [0, 0.05) is 63.8 Å². The van der Waals surface area contributed by atoms with Crippen LogP contribution in [-0.2, 0) is 13.0 Å². The van der Waals surface area contributed by atoms with Crippen LogP contribution in [0.5, 0.6) is 17.2 Å². The number of hydrogen-bond donors (Lipinski definition) is 1. The van der Waals surface area contributed by atoms with Crippen LogP contribution in [-0.4, -0.2) is 81.8 Å². The molecule has 8 nitrogen and oxygen atoms in total. The lowest BCUT2D eigenvalue weighted by Crippen LogP contribution is -2.52. The number of aliphatic imine (C=N–C) groups is 1. The highest BCUT2D eigenvalue weighted by atomic mass is 127. The summed E-state index contributed by atoms with van der Waals surface area (Å²) in [4.78, 5) is 14.9. The van der Waals surface area contributed by atoms with Crippen LogP contribution in [0.3, 0.4) is 0 Å². The van der Waals surface area contributed by atoms with Gasteiger partial charge in [-0.2, -0.15) is 0 Å². The Kier molecular flexibility index (Phi) is 10.8. The van der Waals surface area contributed by atoms with Gasteiger partial charge in [-0.25, -0.2) is 4.98 Å². The molecule has 32 heavy (non-hydrogen) atoms. The van der Waals surface area contributed by atoms with Gasteiger partial charge in [0.15, 0.2) is 17.5 Å². The predicted molar refractivity (Wildman–Crippen MR) is 140 cm³/mol. The molecule has 178 valence electrons. The zero-order chi connectivity index (χ0) is 22.2. The lowest BCUT2D eigenvalue weighted by atomic mass is 10.1. The fraction of sp³-hybridized carbons (Fsp3) is 0.545. The number of rotatable bonds is 8. The van der Waals surface area contributed by atoms with E-state index in [-0.39, 0.29) is 24.0 Å². The van der Waals surface area contributed by atoms with Gasteiger partial charge < -0.3 is 24.4 Å². The van der Waals surface area contributed by atoms with E-state index < -0.39 is 0 Å². The van der Waals surface area contributed by atoms with Gasteiger partial charge in [-0.3, -0.25) is 9.89 Å². The zero-order valence-corrected chi connectivity index (χ0v) is 22.7. The number of guanidine groups is 1. The SMILES string of the molecule is CN=C(NCCc1ncc(C)s1)N1CCN(Cc2cc(OC)c(OC)c(OC)c2)CC1.I. The number of piperazine rings is 1. The fourth-order valence-corrected chi connectivity index (χ4v) is 4.52. The first kappa shape index (κ1) is 26.5. The second-order valence-corrected chi connectivity index (χ2v) is 8.70. The normalized spacial score (nSPS) is 14.7. The highest BCUT2D eigenvalue weighted by molar-refractivity contribution is 14.0. The third kappa shape index (κ3) is 6.85. The van der Waals surface area contributed by atoms with E-state index in [4.69, 9.17) is 14.2 Å². The second-order valence-electron chi connectivity index (χ2n) is 7.39. The van der Waals surface area contributed by atoms with E-state index in [1.54, 1.807) is 32.7 Å². The number of hydrogen-bond acceptors (Lipinski definition) is 7. The number of aryl methyl sites for hydroxylation is 1. The van der Waals surface area contributed by atoms with Crippen molar-refractivity contribution in [2.24, 2.45) is 4.99 Å². The number of aromatic nitrogens is 1. The molecule has 0 radical (unpaired) electrons. The molecular weight excluding hydrogens is 541 g/mol. The van der Waals surface area contributed by atoms with Crippen LogP contribution in [0.1, 0.15) is 15.4 Å². The van der Waals surface area contributed by atoms with E-state index in [0.29, 0.717) is 17.2 Å². The van der Waals surface area contributed by atoms with Crippen LogP contribution in [0.2, 0.25) is 0 Å². The van der Waals surface area contributed by atoms with Crippen molar-refractivity contribution in [3.05, 3.63) is 33.8 Å². The number of nitrogens with one attached hydrogen (secondary N) is 1. The highest BCUT2D eigenvalue weighted by Gasteiger charge is 2.21. The molecule has 1 fully saturated rings. The minimum Gasteiger partial charge on any atom is -0.493 e. The highest BCUT2D eigenvalue weighted by Crippen LogP contribution is 2.38. The summed E-state index contributed by atoms with van der Waals surface area (Å²) < 4.78 is 16.4. The summed E-state index contributed by atoms with van der Waals surface area (Å²) in [5, 5.41) is 4.64. The third-order valence-corrected chi connectivity index (χ3v) is 6.28. The van der Waals surface area contributed by atoms with E-state index in [1.165, 1.54) is 4.88 Å². The molecule has 0 atom stereocenters. The minimum absolute atomic E-state index is 0. The molecule has 0 aliphatic carbocycles. The van der Waals surface area contributed by atoms with Crippen molar-refractivity contribution < 1.29 is 14.2 Å². The standard InChI is InChI=1S/C22H33N5O3S.HI/c1-16-14-25-20(31-16)6-7-24-22(23-2)27-10-8-26(9-11-27)15-17-12-18(28-3)21(30-5)19(13-17)29-4;/h12-14H,6-11,15H2,1-5H3,(H,23,24);1H. The van der Waals surface area contributed by atoms with E-state index in [9.17, 15) is 0 Å². The van der Waals surface area contributed by atoms with Crippen molar-refractivity contribution in [2.75, 3.05) is 61.1 Å². The van der Waals surface area contributed by atoms with Gasteiger partial charge in [0.25, 0.3) is 0 Å². The van der Waals surface area contributed by atoms with E-state index in [2.05, 4.69) is 32.0 Å². The minimum atomic E-state index is 0. The van der Waals surface area contributed by atoms with Gasteiger partial charge in [-0.05, 0) is 24.6 Å². The molecule has 1 aliphatic heterocycles. The van der Waals surface area contributed by atoms with Gasteiger partial charge in [-0.1, -0.05) is 0 Å². The molecule has 1 aromatic carbocycles. The summed E-state index contributed by atoms with van der Waals surface area (Å²) in [6.07, 6.45) is 2.85. The lowest BCUT2D eigenvalue weighted by Gasteiger charge is -2.36. The maximum atomic E-state index is 5.48. The van der Waals surface area contributed by atoms with Crippen molar-refractivity contribution in [3.8, 4) is 17.2 Å². The van der Waals surface area contributed by atoms with Crippen molar-refractivity contribution in [3.63, 3.8) is 0 Å². The van der Waals surface area contributed by atoms with Gasteiger partial charge in [0.05, 0.1) is 26.3 Å². The van der Waals surface area contributed by atoms with Crippen LogP contribution in [0.15, 0.2) is 23.3 Å². The van der Waals surface area contributed by atoms with Crippen LogP contribution < -0.4 is 19.5 Å². The monoisotopic (exact) mass is 575 g/mol. The van der Waals surface area contributed by atoms with Gasteiger partial charge in [0.2, 0.25) is 5.75 Å². The van der Waals surface area contributed by atoms with Gasteiger partial charge in [0.1, 0.15) is 0 Å². The van der Waals surface area contributed by atoms with Crippen molar-refractivity contribution in [2.45, 2.75) is 19.9 Å². The summed E-state index contributed by atoms with van der Waals surface area (Å²) in [5.41, 5.74) is 1.14. The lowest BCUT2D eigenvalue weighted by molar-refractivity contribution is 0.172. The quantitative estimate of drug-likeness (QED) is 0.295. The molecule has 0 saturated carbocycles. The fourth-order valence-electron chi connectivity index (χ4n) is 3.73. The largest absolute Gasteiger partial charge is 0.493 e. The Morgan fingerprint density at radius 1 is 1.09 bits per heavy atom. The molecule has 1 saturated heterocycles. The van der Waals surface area contributed by atoms with Crippen LogP contribution in [0.4, 0.5) is 0 Å². The van der Waals surface area contributed by atoms with Crippen LogP contribution >= 0.6 is 35.3 Å². The maximum absolute atomic E-state index is 5.48. The molecule has 0 spiro atoms. The number of methoxy groups -OCH3 is 3. The average Bonchev–Trinajstić information content (AvgIpc) is 3.21. The second kappa shape index (κ2) is 13.0. The topological polar surface area (TPSA) is 71.5 Å². The predicted octanol–water partition coefficient (Wildman–Crippen LogP) is 3.03. The van der Waals surface area contributed by atoms with E-state index >= 15 is 0 Å². The molecule has 2 heterocycles. The molecule has 1 aromatic heterocycles. The van der Waals surface area contributed by atoms with E-state index in [1.807, 2.05) is 25.4 Å². The summed E-state index contributed by atoms with van der Waals surface area (Å²) in [6, 6.07) is 4.04. The Bertz CT molecular complexity index is 859. The molecule has 1 aliphatic rings.